The number of carbonyl (C=O) groups excluding carboxylic acids is 5. The number of ether oxygens (including phenoxy) is 1. The van der Waals surface area contributed by atoms with Gasteiger partial charge in [-0.15, -0.1) is 11.3 Å². The minimum absolute atomic E-state index is 0.269. The summed E-state index contributed by atoms with van der Waals surface area (Å²) in [5.41, 5.74) is -0.881. The van der Waals surface area contributed by atoms with E-state index in [2.05, 4.69) is 5.32 Å². The summed E-state index contributed by atoms with van der Waals surface area (Å²) in [6, 6.07) is 2.42. The molecule has 11 heteroatoms. The first-order valence-corrected chi connectivity index (χ1v) is 10.6. The Kier molecular flexibility index (Phi) is 6.70. The number of amides is 6. The van der Waals surface area contributed by atoms with Crippen LogP contribution in [0.25, 0.3) is 0 Å². The van der Waals surface area contributed by atoms with Crippen LogP contribution >= 0.6 is 11.3 Å². The van der Waals surface area contributed by atoms with E-state index in [4.69, 9.17) is 4.74 Å². The van der Waals surface area contributed by atoms with Crippen molar-refractivity contribution in [3.63, 3.8) is 0 Å². The first kappa shape index (κ1) is 21.8. The van der Waals surface area contributed by atoms with E-state index in [9.17, 15) is 24.0 Å². The average molecular weight is 436 g/mol. The molecule has 0 atom stereocenters. The Morgan fingerprint density at radius 2 is 1.93 bits per heavy atom. The van der Waals surface area contributed by atoms with Gasteiger partial charge in [-0.3, -0.25) is 24.6 Å². The molecule has 30 heavy (non-hydrogen) atoms. The van der Waals surface area contributed by atoms with Gasteiger partial charge >= 0.3 is 18.0 Å². The van der Waals surface area contributed by atoms with Crippen LogP contribution in [-0.2, 0) is 25.7 Å². The zero-order valence-corrected chi connectivity index (χ0v) is 17.5. The van der Waals surface area contributed by atoms with Crippen LogP contribution in [0.4, 0.5) is 9.59 Å². The van der Waals surface area contributed by atoms with E-state index in [1.165, 1.54) is 16.2 Å². The van der Waals surface area contributed by atoms with Crippen molar-refractivity contribution in [3.05, 3.63) is 22.4 Å². The fourth-order valence-electron chi connectivity index (χ4n) is 3.78. The molecular formula is C19H24N4O6S. The Labute approximate surface area is 177 Å². The molecule has 10 nitrogen and oxygen atoms in total. The highest BCUT2D eigenvalue weighted by atomic mass is 32.1. The van der Waals surface area contributed by atoms with E-state index in [1.54, 1.807) is 7.05 Å². The molecule has 2 fully saturated rings. The molecule has 1 aromatic rings. The second kappa shape index (κ2) is 9.24. The number of esters is 1. The number of nitrogens with zero attached hydrogens (tertiary/aromatic N) is 2. The predicted molar refractivity (Wildman–Crippen MR) is 106 cm³/mol. The average Bonchev–Trinajstić information content (AvgIpc) is 3.31. The number of carbonyl (C=O) groups is 5. The molecule has 0 bridgehead atoms. The number of likely N-dealkylation sites (N-methyl/N-ethyl adjacent to an activating group) is 1. The van der Waals surface area contributed by atoms with Crippen LogP contribution in [0.5, 0.6) is 0 Å². The van der Waals surface area contributed by atoms with Gasteiger partial charge in [0.25, 0.3) is 11.8 Å². The maximum Gasteiger partial charge on any atom is 0.327 e. The summed E-state index contributed by atoms with van der Waals surface area (Å²) in [7, 11) is 1.57. The summed E-state index contributed by atoms with van der Waals surface area (Å²) in [4.78, 5) is 64.0. The Morgan fingerprint density at radius 1 is 1.20 bits per heavy atom. The second-order valence-electron chi connectivity index (χ2n) is 7.30. The second-order valence-corrected chi connectivity index (χ2v) is 8.33. The van der Waals surface area contributed by atoms with Crippen molar-refractivity contribution in [1.29, 1.82) is 0 Å². The first-order valence-electron chi connectivity index (χ1n) is 9.69. The van der Waals surface area contributed by atoms with Crippen LogP contribution < -0.4 is 10.6 Å². The topological polar surface area (TPSA) is 125 Å². The van der Waals surface area contributed by atoms with Gasteiger partial charge in [0.2, 0.25) is 0 Å². The minimum Gasteiger partial charge on any atom is -0.454 e. The summed E-state index contributed by atoms with van der Waals surface area (Å²) in [5, 5.41) is 6.42. The number of imide groups is 2. The lowest BCUT2D eigenvalue weighted by Gasteiger charge is -2.35. The summed E-state index contributed by atoms with van der Waals surface area (Å²) in [6.45, 7) is -0.991. The van der Waals surface area contributed by atoms with Gasteiger partial charge in [0.05, 0.1) is 6.54 Å². The lowest BCUT2D eigenvalue weighted by Crippen LogP contribution is -2.49. The van der Waals surface area contributed by atoms with Crippen LogP contribution in [0.3, 0.4) is 0 Å². The van der Waals surface area contributed by atoms with Gasteiger partial charge in [-0.2, -0.15) is 0 Å². The van der Waals surface area contributed by atoms with Crippen molar-refractivity contribution in [1.82, 2.24) is 20.4 Å². The number of hydrogen-bond acceptors (Lipinski definition) is 7. The highest BCUT2D eigenvalue weighted by molar-refractivity contribution is 7.09. The molecule has 0 unspecified atom stereocenters. The Balaban J connectivity index is 1.43. The quantitative estimate of drug-likeness (QED) is 0.510. The lowest BCUT2D eigenvalue weighted by atomic mass is 9.81. The number of urea groups is 2. The number of thiophene rings is 1. The van der Waals surface area contributed by atoms with Gasteiger partial charge in [0.15, 0.2) is 6.61 Å². The highest BCUT2D eigenvalue weighted by Crippen LogP contribution is 2.39. The minimum atomic E-state index is -0.896. The number of nitrogens with one attached hydrogen (secondary N) is 2. The molecule has 6 amide bonds. The molecule has 2 heterocycles. The van der Waals surface area contributed by atoms with Crippen LogP contribution in [0, 0.1) is 0 Å². The zero-order valence-electron chi connectivity index (χ0n) is 16.6. The Morgan fingerprint density at radius 3 is 2.60 bits per heavy atom. The van der Waals surface area contributed by atoms with Crippen LogP contribution in [-0.4, -0.2) is 65.4 Å². The van der Waals surface area contributed by atoms with Gasteiger partial charge < -0.3 is 15.0 Å². The predicted octanol–water partition coefficient (Wildman–Crippen LogP) is 1.21. The molecular weight excluding hydrogens is 412 g/mol. The van der Waals surface area contributed by atoms with Crippen LogP contribution in [0.15, 0.2) is 17.5 Å². The van der Waals surface area contributed by atoms with E-state index in [0.29, 0.717) is 12.8 Å². The molecule has 2 aliphatic rings. The van der Waals surface area contributed by atoms with E-state index >= 15 is 0 Å². The van der Waals surface area contributed by atoms with Crippen molar-refractivity contribution in [3.8, 4) is 0 Å². The summed E-state index contributed by atoms with van der Waals surface area (Å²) in [6.07, 6.45) is 3.84. The highest BCUT2D eigenvalue weighted by Gasteiger charge is 2.55. The Bertz CT molecular complexity index is 834. The maximum atomic E-state index is 12.8. The van der Waals surface area contributed by atoms with Gasteiger partial charge in [0.1, 0.15) is 12.1 Å². The van der Waals surface area contributed by atoms with E-state index < -0.39 is 48.5 Å². The summed E-state index contributed by atoms with van der Waals surface area (Å²) >= 11 is 1.46. The summed E-state index contributed by atoms with van der Waals surface area (Å²) in [5.74, 6) is -2.11. The third kappa shape index (κ3) is 4.61. The lowest BCUT2D eigenvalue weighted by molar-refractivity contribution is -0.151. The maximum absolute atomic E-state index is 12.8. The first-order chi connectivity index (χ1) is 14.3. The van der Waals surface area contributed by atoms with Crippen molar-refractivity contribution < 1.29 is 28.7 Å². The monoisotopic (exact) mass is 436 g/mol. The van der Waals surface area contributed by atoms with E-state index in [1.807, 2.05) is 22.8 Å². The third-order valence-electron chi connectivity index (χ3n) is 5.39. The van der Waals surface area contributed by atoms with Crippen molar-refractivity contribution in [2.24, 2.45) is 0 Å². The van der Waals surface area contributed by atoms with Crippen molar-refractivity contribution >= 4 is 41.2 Å². The largest absolute Gasteiger partial charge is 0.454 e. The molecule has 1 spiro atoms. The van der Waals surface area contributed by atoms with Gasteiger partial charge in [-0.05, 0) is 24.3 Å². The molecule has 0 radical (unpaired) electrons. The molecule has 1 aromatic heterocycles. The van der Waals surface area contributed by atoms with Crippen molar-refractivity contribution in [2.45, 2.75) is 44.2 Å². The Hall–Kier alpha value is -2.95. The molecule has 2 N–H and O–H groups in total. The van der Waals surface area contributed by atoms with E-state index in [0.717, 1.165) is 29.0 Å². The fraction of sp³-hybridized carbons (Fsp3) is 0.526. The van der Waals surface area contributed by atoms with Crippen LogP contribution in [0.2, 0.25) is 0 Å². The molecule has 1 aliphatic heterocycles. The summed E-state index contributed by atoms with van der Waals surface area (Å²) < 4.78 is 4.83. The van der Waals surface area contributed by atoms with Crippen molar-refractivity contribution in [2.75, 3.05) is 20.2 Å². The van der Waals surface area contributed by atoms with E-state index in [-0.39, 0.29) is 6.54 Å². The van der Waals surface area contributed by atoms with Crippen LogP contribution in [0.1, 0.15) is 37.0 Å². The number of hydrogen-bond donors (Lipinski definition) is 2. The van der Waals surface area contributed by atoms with Gasteiger partial charge in [0, 0.05) is 11.9 Å². The molecule has 1 aliphatic carbocycles. The molecule has 1 saturated carbocycles. The smallest absolute Gasteiger partial charge is 0.327 e. The van der Waals surface area contributed by atoms with Gasteiger partial charge in [-0.1, -0.05) is 25.3 Å². The molecule has 0 aromatic carbocycles. The standard InChI is InChI=1S/C19H24N4O6S/c1-22-18(28)23(16(26)19(22)7-3-2-4-8-19)11-15(25)29-12-14(24)21-17(27)20-10-13-6-5-9-30-13/h5-6,9H,2-4,7-8,10-12H2,1H3,(H2,20,21,24,27). The van der Waals surface area contributed by atoms with Gasteiger partial charge in [-0.25, -0.2) is 9.59 Å². The molecule has 3 rings (SSSR count). The molecule has 162 valence electrons. The SMILES string of the molecule is CN1C(=O)N(CC(=O)OCC(=O)NC(=O)NCc2cccs2)C(=O)C12CCCCC2. The number of rotatable bonds is 6. The fourth-order valence-corrected chi connectivity index (χ4v) is 4.42. The third-order valence-corrected chi connectivity index (χ3v) is 6.27. The normalized spacial score (nSPS) is 17.9. The molecule has 1 saturated heterocycles. The zero-order chi connectivity index (χ0) is 21.7.